The van der Waals surface area contributed by atoms with Crippen molar-refractivity contribution in [2.24, 2.45) is 5.92 Å². The molecule has 0 aliphatic carbocycles. The lowest BCUT2D eigenvalue weighted by Gasteiger charge is -2.37. The Bertz CT molecular complexity index is 540. The zero-order valence-corrected chi connectivity index (χ0v) is 13.3. The monoisotopic (exact) mass is 327 g/mol. The molecular weight excluding hydrogens is 306 g/mol. The molecule has 5 aliphatic rings. The van der Waals surface area contributed by atoms with E-state index in [0.29, 0.717) is 13.2 Å². The van der Waals surface area contributed by atoms with Crippen LogP contribution in [0.25, 0.3) is 0 Å². The number of hydrogen-bond acceptors (Lipinski definition) is 8. The molecule has 128 valence electrons. The molecule has 8 atom stereocenters. The second-order valence-electron chi connectivity index (χ2n) is 7.33. The van der Waals surface area contributed by atoms with E-state index in [4.69, 9.17) is 28.5 Å². The van der Waals surface area contributed by atoms with Gasteiger partial charge in [-0.05, 0) is 13.8 Å². The Labute approximate surface area is 133 Å². The lowest BCUT2D eigenvalue weighted by molar-refractivity contribution is -0.251. The van der Waals surface area contributed by atoms with Gasteiger partial charge in [0.05, 0.1) is 25.1 Å². The maximum absolute atomic E-state index is 11.6. The summed E-state index contributed by atoms with van der Waals surface area (Å²) in [5.74, 6) is -0.964. The van der Waals surface area contributed by atoms with Crippen LogP contribution in [-0.2, 0) is 33.3 Å². The fourth-order valence-corrected chi connectivity index (χ4v) is 4.69. The summed E-state index contributed by atoms with van der Waals surface area (Å²) in [6, 6.07) is -0.0216. The average Bonchev–Trinajstić information content (AvgIpc) is 3.13. The van der Waals surface area contributed by atoms with E-state index < -0.39 is 18.2 Å². The highest BCUT2D eigenvalue weighted by atomic mass is 16.8. The zero-order chi connectivity index (χ0) is 15.9. The highest BCUT2D eigenvalue weighted by Crippen LogP contribution is 2.50. The molecule has 0 aromatic heterocycles. The molecule has 5 fully saturated rings. The van der Waals surface area contributed by atoms with Crippen molar-refractivity contribution in [2.45, 2.75) is 69.4 Å². The van der Waals surface area contributed by atoms with Gasteiger partial charge in [0.15, 0.2) is 12.1 Å². The van der Waals surface area contributed by atoms with Crippen LogP contribution in [0, 0.1) is 5.92 Å². The summed E-state index contributed by atoms with van der Waals surface area (Å²) in [5, 5.41) is 1.91. The van der Waals surface area contributed by atoms with E-state index in [-0.39, 0.29) is 42.3 Å². The lowest BCUT2D eigenvalue weighted by Crippen LogP contribution is -2.55. The predicted molar refractivity (Wildman–Crippen MR) is 72.8 cm³/mol. The Morgan fingerprint density at radius 2 is 2.04 bits per heavy atom. The molecule has 8 nitrogen and oxygen atoms in total. The molecule has 0 saturated carbocycles. The van der Waals surface area contributed by atoms with Crippen molar-refractivity contribution in [3.63, 3.8) is 0 Å². The van der Waals surface area contributed by atoms with Gasteiger partial charge < -0.3 is 23.7 Å². The Balaban J connectivity index is 1.48. The standard InChI is InChI=1S/C15H21NO7/c1-6(17)19-11-8-5-18-14(20-8)13-9(11)10-12-7(4-16(10)23-13)21-15(2,3)22-12/h7-14H,4-5H2,1-3H3/t7-,8+,9+,10+,11+,12-,13+,14+/m0/s1. The Morgan fingerprint density at radius 1 is 1.22 bits per heavy atom. The summed E-state index contributed by atoms with van der Waals surface area (Å²) in [6.45, 7) is 6.31. The van der Waals surface area contributed by atoms with Crippen molar-refractivity contribution < 1.29 is 33.3 Å². The molecule has 5 saturated heterocycles. The molecule has 5 rings (SSSR count). The Kier molecular flexibility index (Phi) is 2.94. The van der Waals surface area contributed by atoms with Gasteiger partial charge in [-0.15, -0.1) is 0 Å². The molecule has 0 aromatic rings. The topological polar surface area (TPSA) is 75.7 Å². The van der Waals surface area contributed by atoms with Gasteiger partial charge in [0.25, 0.3) is 0 Å². The van der Waals surface area contributed by atoms with Crippen LogP contribution in [-0.4, -0.2) is 72.8 Å². The predicted octanol–water partition coefficient (Wildman–Crippen LogP) is -0.192. The minimum absolute atomic E-state index is 0.0216. The van der Waals surface area contributed by atoms with Crippen LogP contribution in [0.1, 0.15) is 20.8 Å². The van der Waals surface area contributed by atoms with Gasteiger partial charge in [0.1, 0.15) is 30.5 Å². The number of rotatable bonds is 1. The molecule has 23 heavy (non-hydrogen) atoms. The third kappa shape index (κ3) is 2.03. The SMILES string of the molecule is CC(=O)O[C@H]1[C@@H]2[C@@H](ON3C[C@@H]4OC(C)(C)O[C@@H]4[C@@H]23)[C@@H]2OC[C@H]1O2. The number of carbonyl (C=O) groups excluding carboxylic acids is 1. The van der Waals surface area contributed by atoms with Crippen LogP contribution in [0.15, 0.2) is 0 Å². The maximum Gasteiger partial charge on any atom is 0.303 e. The summed E-state index contributed by atoms with van der Waals surface area (Å²) in [7, 11) is 0. The summed E-state index contributed by atoms with van der Waals surface area (Å²) in [4.78, 5) is 17.6. The van der Waals surface area contributed by atoms with E-state index in [1.165, 1.54) is 6.92 Å². The third-order valence-electron chi connectivity index (χ3n) is 5.33. The van der Waals surface area contributed by atoms with Crippen molar-refractivity contribution in [2.75, 3.05) is 13.2 Å². The second-order valence-corrected chi connectivity index (χ2v) is 7.33. The summed E-state index contributed by atoms with van der Waals surface area (Å²) < 4.78 is 29.2. The average molecular weight is 327 g/mol. The third-order valence-corrected chi connectivity index (χ3v) is 5.33. The number of hydrogen-bond donors (Lipinski definition) is 0. The van der Waals surface area contributed by atoms with E-state index >= 15 is 0 Å². The van der Waals surface area contributed by atoms with Crippen LogP contribution in [0.2, 0.25) is 0 Å². The molecular formula is C15H21NO7. The first-order valence-corrected chi connectivity index (χ1v) is 8.16. The van der Waals surface area contributed by atoms with E-state index in [2.05, 4.69) is 0 Å². The van der Waals surface area contributed by atoms with Crippen molar-refractivity contribution in [3.05, 3.63) is 0 Å². The summed E-state index contributed by atoms with van der Waals surface area (Å²) in [5.41, 5.74) is 0. The number of carbonyl (C=O) groups is 1. The number of ether oxygens (including phenoxy) is 5. The van der Waals surface area contributed by atoms with E-state index in [0.717, 1.165) is 0 Å². The van der Waals surface area contributed by atoms with E-state index in [9.17, 15) is 4.79 Å². The second kappa shape index (κ2) is 4.65. The van der Waals surface area contributed by atoms with Crippen LogP contribution in [0.3, 0.4) is 0 Å². The first kappa shape index (κ1) is 14.6. The van der Waals surface area contributed by atoms with Crippen molar-refractivity contribution >= 4 is 5.97 Å². The van der Waals surface area contributed by atoms with Crippen LogP contribution < -0.4 is 0 Å². The number of fused-ring (bicyclic) bond motifs is 8. The number of hydroxylamine groups is 2. The quantitative estimate of drug-likeness (QED) is 0.613. The molecule has 0 N–H and O–H groups in total. The normalized spacial score (nSPS) is 53.0. The van der Waals surface area contributed by atoms with E-state index in [1.54, 1.807) is 0 Å². The lowest BCUT2D eigenvalue weighted by atomic mass is 9.82. The van der Waals surface area contributed by atoms with Gasteiger partial charge in [0.2, 0.25) is 0 Å². The molecule has 0 radical (unpaired) electrons. The Morgan fingerprint density at radius 3 is 2.83 bits per heavy atom. The highest BCUT2D eigenvalue weighted by molar-refractivity contribution is 5.66. The molecule has 0 spiro atoms. The van der Waals surface area contributed by atoms with Gasteiger partial charge >= 0.3 is 5.97 Å². The van der Waals surface area contributed by atoms with Crippen LogP contribution in [0.4, 0.5) is 0 Å². The van der Waals surface area contributed by atoms with Gasteiger partial charge in [-0.3, -0.25) is 9.63 Å². The molecule has 0 aromatic carbocycles. The van der Waals surface area contributed by atoms with Crippen molar-refractivity contribution in [1.29, 1.82) is 0 Å². The molecule has 0 amide bonds. The summed E-state index contributed by atoms with van der Waals surface area (Å²) in [6.07, 6.45) is -1.46. The van der Waals surface area contributed by atoms with Crippen LogP contribution >= 0.6 is 0 Å². The van der Waals surface area contributed by atoms with Crippen molar-refractivity contribution in [1.82, 2.24) is 5.06 Å². The molecule has 2 bridgehead atoms. The number of esters is 1. The molecule has 5 heterocycles. The minimum atomic E-state index is -0.600. The zero-order valence-electron chi connectivity index (χ0n) is 13.3. The molecule has 8 heteroatoms. The first-order valence-electron chi connectivity index (χ1n) is 8.16. The maximum atomic E-state index is 11.6. The summed E-state index contributed by atoms with van der Waals surface area (Å²) >= 11 is 0. The largest absolute Gasteiger partial charge is 0.459 e. The highest BCUT2D eigenvalue weighted by Gasteiger charge is 2.68. The van der Waals surface area contributed by atoms with Gasteiger partial charge in [-0.2, -0.15) is 5.06 Å². The van der Waals surface area contributed by atoms with Gasteiger partial charge in [0, 0.05) is 6.92 Å². The van der Waals surface area contributed by atoms with E-state index in [1.807, 2.05) is 18.9 Å². The van der Waals surface area contributed by atoms with Crippen molar-refractivity contribution in [3.8, 4) is 0 Å². The smallest absolute Gasteiger partial charge is 0.303 e. The minimum Gasteiger partial charge on any atom is -0.459 e. The Hall–Kier alpha value is -0.770. The van der Waals surface area contributed by atoms with Crippen LogP contribution in [0.5, 0.6) is 0 Å². The fourth-order valence-electron chi connectivity index (χ4n) is 4.69. The number of nitrogens with zero attached hydrogens (tertiary/aromatic N) is 1. The molecule has 5 aliphatic heterocycles. The first-order chi connectivity index (χ1) is 10.9. The van der Waals surface area contributed by atoms with Gasteiger partial charge in [-0.25, -0.2) is 0 Å². The molecule has 0 unspecified atom stereocenters. The fraction of sp³-hybridized carbons (Fsp3) is 0.933. The van der Waals surface area contributed by atoms with Gasteiger partial charge in [-0.1, -0.05) is 0 Å².